The number of halogens is 1. The lowest BCUT2D eigenvalue weighted by Gasteiger charge is -2.13. The summed E-state index contributed by atoms with van der Waals surface area (Å²) < 4.78 is 1.74. The average molecular weight is 469 g/mol. The van der Waals surface area contributed by atoms with Crippen molar-refractivity contribution in [3.63, 3.8) is 0 Å². The van der Waals surface area contributed by atoms with Crippen LogP contribution in [0.3, 0.4) is 0 Å². The maximum Gasteiger partial charge on any atom is 0.157 e. The van der Waals surface area contributed by atoms with Crippen LogP contribution < -0.4 is 10.7 Å². The Morgan fingerprint density at radius 1 is 0.971 bits per heavy atom. The summed E-state index contributed by atoms with van der Waals surface area (Å²) in [6.07, 6.45) is 3.70. The van der Waals surface area contributed by atoms with Crippen LogP contribution in [0.25, 0.3) is 23.0 Å². The quantitative estimate of drug-likeness (QED) is 0.390. The fourth-order valence-electron chi connectivity index (χ4n) is 3.74. The molecule has 0 spiro atoms. The Kier molecular flexibility index (Phi) is 5.71. The molecule has 7 nitrogen and oxygen atoms in total. The summed E-state index contributed by atoms with van der Waals surface area (Å²) in [7, 11) is 0. The number of nitrogens with one attached hydrogen (secondary N) is 1. The van der Waals surface area contributed by atoms with Crippen molar-refractivity contribution in [3.05, 3.63) is 107 Å². The van der Waals surface area contributed by atoms with E-state index in [0.29, 0.717) is 16.3 Å². The second-order valence-electron chi connectivity index (χ2n) is 7.75. The van der Waals surface area contributed by atoms with Crippen molar-refractivity contribution in [1.29, 1.82) is 5.41 Å². The molecule has 0 unspecified atom stereocenters. The molecule has 0 saturated heterocycles. The summed E-state index contributed by atoms with van der Waals surface area (Å²) in [4.78, 5) is 0. The van der Waals surface area contributed by atoms with Gasteiger partial charge in [-0.25, -0.2) is 9.69 Å². The van der Waals surface area contributed by atoms with Crippen LogP contribution in [0.15, 0.2) is 95.7 Å². The molecular weight excluding hydrogens is 448 g/mol. The molecule has 0 radical (unpaired) electrons. The largest absolute Gasteiger partial charge is 0.392 e. The van der Waals surface area contributed by atoms with E-state index in [4.69, 9.17) is 27.8 Å². The van der Waals surface area contributed by atoms with Gasteiger partial charge < -0.3 is 10.8 Å². The van der Waals surface area contributed by atoms with Gasteiger partial charge in [-0.3, -0.25) is 5.41 Å². The zero-order valence-corrected chi connectivity index (χ0v) is 18.8. The first kappa shape index (κ1) is 21.6. The Morgan fingerprint density at radius 2 is 1.71 bits per heavy atom. The molecule has 1 aliphatic heterocycles. The van der Waals surface area contributed by atoms with E-state index in [1.165, 1.54) is 5.01 Å². The first-order valence-corrected chi connectivity index (χ1v) is 11.0. The molecule has 1 aromatic heterocycles. The Bertz CT molecular complexity index is 1420. The van der Waals surface area contributed by atoms with Crippen molar-refractivity contribution in [3.8, 4) is 16.9 Å². The minimum absolute atomic E-state index is 0.0341. The van der Waals surface area contributed by atoms with Crippen molar-refractivity contribution in [1.82, 2.24) is 9.78 Å². The normalized spacial score (nSPS) is 14.6. The molecular formula is C26H21ClN6O. The van der Waals surface area contributed by atoms with Crippen LogP contribution in [0, 0.1) is 5.41 Å². The smallest absolute Gasteiger partial charge is 0.157 e. The van der Waals surface area contributed by atoms with E-state index >= 15 is 0 Å². The van der Waals surface area contributed by atoms with Crippen LogP contribution >= 0.6 is 11.6 Å². The Balaban J connectivity index is 1.60. The number of hydrazone groups is 1. The summed E-state index contributed by atoms with van der Waals surface area (Å²) in [5, 5.41) is 29.4. The van der Waals surface area contributed by atoms with Gasteiger partial charge in [-0.15, -0.1) is 5.10 Å². The van der Waals surface area contributed by atoms with E-state index in [1.807, 2.05) is 85.1 Å². The first-order chi connectivity index (χ1) is 16.5. The van der Waals surface area contributed by atoms with Gasteiger partial charge in [-0.2, -0.15) is 5.10 Å². The van der Waals surface area contributed by atoms with Gasteiger partial charge in [-0.1, -0.05) is 60.1 Å². The van der Waals surface area contributed by atoms with E-state index in [9.17, 15) is 5.11 Å². The Morgan fingerprint density at radius 3 is 2.41 bits per heavy atom. The molecule has 34 heavy (non-hydrogen) atoms. The fourth-order valence-corrected chi connectivity index (χ4v) is 3.92. The van der Waals surface area contributed by atoms with Crippen molar-refractivity contribution in [2.24, 2.45) is 10.8 Å². The van der Waals surface area contributed by atoms with Gasteiger partial charge in [0.2, 0.25) is 0 Å². The molecule has 0 amide bonds. The second-order valence-corrected chi connectivity index (χ2v) is 8.19. The predicted octanol–water partition coefficient (Wildman–Crippen LogP) is 4.84. The topological polar surface area (TPSA) is 104 Å². The number of benzene rings is 3. The van der Waals surface area contributed by atoms with Crippen LogP contribution in [0.1, 0.15) is 11.1 Å². The third-order valence-electron chi connectivity index (χ3n) is 5.48. The SMILES string of the molecule is N=C1/C(=C\c2cn(-c3cccc(Cl)c3)nc2-c2ccc(CO)cc2)C(N)=NN1c1ccccc1. The lowest BCUT2D eigenvalue weighted by atomic mass is 10.0. The maximum absolute atomic E-state index is 9.40. The van der Waals surface area contributed by atoms with Crippen LogP contribution in [-0.2, 0) is 6.61 Å². The van der Waals surface area contributed by atoms with Gasteiger partial charge in [0.1, 0.15) is 0 Å². The van der Waals surface area contributed by atoms with Crippen LogP contribution in [0.5, 0.6) is 0 Å². The number of amidine groups is 2. The molecule has 1 aliphatic rings. The molecule has 5 rings (SSSR count). The molecule has 0 fully saturated rings. The first-order valence-electron chi connectivity index (χ1n) is 10.6. The molecule has 2 heterocycles. The molecule has 4 N–H and O–H groups in total. The number of aliphatic hydroxyl groups excluding tert-OH is 1. The molecule has 168 valence electrons. The van der Waals surface area contributed by atoms with Gasteiger partial charge in [0.05, 0.1) is 29.2 Å². The van der Waals surface area contributed by atoms with Crippen LogP contribution in [-0.4, -0.2) is 26.6 Å². The predicted molar refractivity (Wildman–Crippen MR) is 136 cm³/mol. The minimum atomic E-state index is -0.0341. The zero-order chi connectivity index (χ0) is 23.7. The number of anilines is 1. The molecule has 8 heteroatoms. The highest BCUT2D eigenvalue weighted by molar-refractivity contribution is 6.33. The van der Waals surface area contributed by atoms with Gasteiger partial charge in [0.15, 0.2) is 11.7 Å². The number of aliphatic hydroxyl groups is 1. The van der Waals surface area contributed by atoms with Crippen molar-refractivity contribution >= 4 is 35.0 Å². The molecule has 0 atom stereocenters. The van der Waals surface area contributed by atoms with Crippen molar-refractivity contribution in [2.45, 2.75) is 6.61 Å². The number of para-hydroxylation sites is 1. The van der Waals surface area contributed by atoms with E-state index in [2.05, 4.69) is 5.10 Å². The fraction of sp³-hybridized carbons (Fsp3) is 0.0385. The summed E-state index contributed by atoms with van der Waals surface area (Å²) in [5.74, 6) is 0.437. The average Bonchev–Trinajstić information content (AvgIpc) is 3.41. The molecule has 0 bridgehead atoms. The zero-order valence-electron chi connectivity index (χ0n) is 18.1. The third-order valence-corrected chi connectivity index (χ3v) is 5.71. The van der Waals surface area contributed by atoms with Gasteiger partial charge >= 0.3 is 0 Å². The Labute approximate surface area is 201 Å². The highest BCUT2D eigenvalue weighted by Gasteiger charge is 2.27. The van der Waals surface area contributed by atoms with Crippen LogP contribution in [0.2, 0.25) is 5.02 Å². The lowest BCUT2D eigenvalue weighted by Crippen LogP contribution is -2.21. The number of nitrogens with two attached hydrogens (primary N) is 1. The summed E-state index contributed by atoms with van der Waals surface area (Å²) in [6, 6.07) is 24.4. The van der Waals surface area contributed by atoms with Crippen LogP contribution in [0.4, 0.5) is 5.69 Å². The van der Waals surface area contributed by atoms with Gasteiger partial charge in [-0.05, 0) is 42.0 Å². The number of aromatic nitrogens is 2. The summed E-state index contributed by atoms with van der Waals surface area (Å²) in [6.45, 7) is -0.0341. The van der Waals surface area contributed by atoms with Crippen molar-refractivity contribution < 1.29 is 5.11 Å². The lowest BCUT2D eigenvalue weighted by molar-refractivity contribution is 0.282. The van der Waals surface area contributed by atoms with E-state index < -0.39 is 0 Å². The molecule has 0 aliphatic carbocycles. The summed E-state index contributed by atoms with van der Waals surface area (Å²) >= 11 is 6.20. The third kappa shape index (κ3) is 4.10. The van der Waals surface area contributed by atoms with E-state index in [-0.39, 0.29) is 18.3 Å². The van der Waals surface area contributed by atoms with E-state index in [0.717, 1.165) is 28.1 Å². The number of hydrogen-bond acceptors (Lipinski definition) is 5. The Hall–Kier alpha value is -4.20. The van der Waals surface area contributed by atoms with Gasteiger partial charge in [0.25, 0.3) is 0 Å². The van der Waals surface area contributed by atoms with E-state index in [1.54, 1.807) is 10.7 Å². The highest BCUT2D eigenvalue weighted by Crippen LogP contribution is 2.29. The van der Waals surface area contributed by atoms with Gasteiger partial charge in [0, 0.05) is 22.3 Å². The molecule has 0 saturated carbocycles. The van der Waals surface area contributed by atoms with Crippen molar-refractivity contribution in [2.75, 3.05) is 5.01 Å². The second kappa shape index (κ2) is 8.97. The molecule has 3 aromatic carbocycles. The minimum Gasteiger partial charge on any atom is -0.392 e. The number of nitrogens with zero attached hydrogens (tertiary/aromatic N) is 4. The number of hydrogen-bond donors (Lipinski definition) is 3. The summed E-state index contributed by atoms with van der Waals surface area (Å²) in [5.41, 5.74) is 11.4. The highest BCUT2D eigenvalue weighted by atomic mass is 35.5. The standard InChI is InChI=1S/C26H21ClN6O/c27-20-5-4-8-22(14-20)32-15-19(24(30-32)18-11-9-17(16-34)10-12-18)13-23-25(28)31-33(26(23)29)21-6-2-1-3-7-21/h1-15,29,34H,16H2,(H2,28,31)/b23-13-,29-26?. The maximum atomic E-state index is 9.40. The molecule has 4 aromatic rings. The number of rotatable bonds is 5. The monoisotopic (exact) mass is 468 g/mol.